The van der Waals surface area contributed by atoms with Gasteiger partial charge in [-0.3, -0.25) is 4.79 Å². The summed E-state index contributed by atoms with van der Waals surface area (Å²) in [5, 5.41) is 0.958. The lowest BCUT2D eigenvalue weighted by Crippen LogP contribution is -1.84. The molecule has 2 rings (SSSR count). The van der Waals surface area contributed by atoms with Crippen molar-refractivity contribution in [3.8, 4) is 5.75 Å². The highest BCUT2D eigenvalue weighted by Crippen LogP contribution is 2.28. The second-order valence-electron chi connectivity index (χ2n) is 3.06. The lowest BCUT2D eigenvalue weighted by atomic mass is 10.1. The molecule has 0 saturated heterocycles. The maximum absolute atomic E-state index is 10.2. The number of carbonyl (C=O) groups is 1. The summed E-state index contributed by atoms with van der Waals surface area (Å²) in [6, 6.07) is 5.61. The van der Waals surface area contributed by atoms with E-state index in [1.807, 2.05) is 18.2 Å². The quantitative estimate of drug-likeness (QED) is 0.567. The minimum absolute atomic E-state index is 0.669. The molecule has 1 heterocycles. The van der Waals surface area contributed by atoms with Crippen LogP contribution < -0.4 is 4.74 Å². The summed E-state index contributed by atoms with van der Waals surface area (Å²) in [7, 11) is 1.59. The number of benzene rings is 1. The van der Waals surface area contributed by atoms with Crippen molar-refractivity contribution >= 4 is 23.3 Å². The number of carbonyl (C=O) groups excluding carboxylic acids is 1. The largest absolute Gasteiger partial charge is 0.493 e. The number of hydrogen-bond donors (Lipinski definition) is 0. The molecule has 0 N–H and O–H groups in total. The van der Waals surface area contributed by atoms with Gasteiger partial charge in [0.25, 0.3) is 0 Å². The van der Waals surface area contributed by atoms with Gasteiger partial charge in [0, 0.05) is 5.39 Å². The lowest BCUT2D eigenvalue weighted by Gasteiger charge is -2.02. The minimum atomic E-state index is 0.669. The minimum Gasteiger partial charge on any atom is -0.493 e. The van der Waals surface area contributed by atoms with Gasteiger partial charge in [0.05, 0.1) is 13.4 Å². The maximum atomic E-state index is 10.2. The van der Waals surface area contributed by atoms with Crippen molar-refractivity contribution in [1.82, 2.24) is 0 Å². The van der Waals surface area contributed by atoms with E-state index in [-0.39, 0.29) is 0 Å². The van der Waals surface area contributed by atoms with Gasteiger partial charge in [0.1, 0.15) is 6.29 Å². The second-order valence-corrected chi connectivity index (χ2v) is 3.06. The van der Waals surface area contributed by atoms with Crippen LogP contribution in [0.5, 0.6) is 5.75 Å². The zero-order chi connectivity index (χ0) is 10.7. The van der Waals surface area contributed by atoms with Gasteiger partial charge >= 0.3 is 0 Å². The molecule has 1 aromatic heterocycles. The van der Waals surface area contributed by atoms with Gasteiger partial charge in [-0.15, -0.1) is 0 Å². The van der Waals surface area contributed by atoms with Gasteiger partial charge < -0.3 is 9.15 Å². The fraction of sp³-hybridized carbons (Fsp3) is 0.0833. The van der Waals surface area contributed by atoms with Gasteiger partial charge in [-0.1, -0.05) is 6.08 Å². The van der Waals surface area contributed by atoms with Crippen molar-refractivity contribution in [1.29, 1.82) is 0 Å². The first kappa shape index (κ1) is 9.52. The van der Waals surface area contributed by atoms with Crippen LogP contribution in [-0.2, 0) is 4.79 Å². The van der Waals surface area contributed by atoms with Crippen LogP contribution in [0.2, 0.25) is 0 Å². The maximum Gasteiger partial charge on any atom is 0.175 e. The molecule has 0 bridgehead atoms. The molecule has 0 radical (unpaired) electrons. The van der Waals surface area contributed by atoms with E-state index in [1.165, 1.54) is 6.08 Å². The number of rotatable bonds is 3. The number of hydrogen-bond acceptors (Lipinski definition) is 3. The van der Waals surface area contributed by atoms with Gasteiger partial charge in [-0.05, 0) is 29.8 Å². The van der Waals surface area contributed by atoms with Gasteiger partial charge in [-0.25, -0.2) is 0 Å². The first-order valence-corrected chi connectivity index (χ1v) is 4.52. The number of furan rings is 1. The van der Waals surface area contributed by atoms with Crippen molar-refractivity contribution in [2.24, 2.45) is 0 Å². The average Bonchev–Trinajstić information content (AvgIpc) is 2.73. The smallest absolute Gasteiger partial charge is 0.175 e. The zero-order valence-electron chi connectivity index (χ0n) is 8.27. The average molecular weight is 202 g/mol. The molecule has 76 valence electrons. The third-order valence-corrected chi connectivity index (χ3v) is 2.13. The Morgan fingerprint density at radius 2 is 2.27 bits per heavy atom. The first-order chi connectivity index (χ1) is 7.35. The Bertz CT molecular complexity index is 509. The van der Waals surface area contributed by atoms with Crippen LogP contribution in [0.3, 0.4) is 0 Å². The Labute approximate surface area is 87.0 Å². The number of methoxy groups -OCH3 is 1. The molecule has 0 atom stereocenters. The molecule has 0 aliphatic heterocycles. The van der Waals surface area contributed by atoms with Crippen molar-refractivity contribution in [2.45, 2.75) is 0 Å². The Morgan fingerprint density at radius 3 is 3.00 bits per heavy atom. The van der Waals surface area contributed by atoms with E-state index in [9.17, 15) is 4.79 Å². The standard InChI is InChI=1S/C12H10O3/c1-14-11-8-9(3-2-5-13)7-10-4-6-15-12(10)11/h2-8H,1H3/b3-2+. The topological polar surface area (TPSA) is 39.4 Å². The van der Waals surface area contributed by atoms with Crippen molar-refractivity contribution < 1.29 is 13.9 Å². The highest BCUT2D eigenvalue weighted by Gasteiger charge is 2.05. The molecule has 0 spiro atoms. The second kappa shape index (κ2) is 4.00. The van der Waals surface area contributed by atoms with Crippen LogP contribution in [-0.4, -0.2) is 13.4 Å². The molecule has 2 aromatic rings. The Morgan fingerprint density at radius 1 is 1.40 bits per heavy atom. The molecular formula is C12H10O3. The van der Waals surface area contributed by atoms with E-state index in [1.54, 1.807) is 19.4 Å². The zero-order valence-corrected chi connectivity index (χ0v) is 8.27. The summed E-state index contributed by atoms with van der Waals surface area (Å²) < 4.78 is 10.5. The summed E-state index contributed by atoms with van der Waals surface area (Å²) in [5.74, 6) is 0.669. The van der Waals surface area contributed by atoms with Crippen LogP contribution in [0.25, 0.3) is 17.0 Å². The van der Waals surface area contributed by atoms with Crippen molar-refractivity contribution in [2.75, 3.05) is 7.11 Å². The first-order valence-electron chi connectivity index (χ1n) is 4.52. The summed E-state index contributed by atoms with van der Waals surface area (Å²) in [4.78, 5) is 10.2. The highest BCUT2D eigenvalue weighted by molar-refractivity contribution is 5.87. The number of fused-ring (bicyclic) bond motifs is 1. The molecule has 0 fully saturated rings. The van der Waals surface area contributed by atoms with Crippen LogP contribution in [0, 0.1) is 0 Å². The lowest BCUT2D eigenvalue weighted by molar-refractivity contribution is -0.104. The fourth-order valence-corrected chi connectivity index (χ4v) is 1.47. The normalized spacial score (nSPS) is 11.0. The predicted molar refractivity (Wildman–Crippen MR) is 57.9 cm³/mol. The number of aldehydes is 1. The van der Waals surface area contributed by atoms with E-state index in [0.29, 0.717) is 5.75 Å². The van der Waals surface area contributed by atoms with E-state index in [4.69, 9.17) is 9.15 Å². The molecular weight excluding hydrogens is 192 g/mol. The van der Waals surface area contributed by atoms with E-state index < -0.39 is 0 Å². The molecule has 0 amide bonds. The summed E-state index contributed by atoms with van der Waals surface area (Å²) in [6.45, 7) is 0. The molecule has 0 aliphatic carbocycles. The van der Waals surface area contributed by atoms with E-state index >= 15 is 0 Å². The van der Waals surface area contributed by atoms with Gasteiger partial charge in [-0.2, -0.15) is 0 Å². The molecule has 3 heteroatoms. The summed E-state index contributed by atoms with van der Waals surface area (Å²) >= 11 is 0. The molecule has 3 nitrogen and oxygen atoms in total. The molecule has 0 unspecified atom stereocenters. The highest BCUT2D eigenvalue weighted by atomic mass is 16.5. The van der Waals surface area contributed by atoms with Crippen LogP contribution in [0.4, 0.5) is 0 Å². The molecule has 15 heavy (non-hydrogen) atoms. The predicted octanol–water partition coefficient (Wildman–Crippen LogP) is 2.65. The van der Waals surface area contributed by atoms with Gasteiger partial charge in [0.2, 0.25) is 0 Å². The molecule has 1 aromatic carbocycles. The number of allylic oxidation sites excluding steroid dienone is 1. The third-order valence-electron chi connectivity index (χ3n) is 2.13. The van der Waals surface area contributed by atoms with Gasteiger partial charge in [0.15, 0.2) is 11.3 Å². The third kappa shape index (κ3) is 1.76. The monoisotopic (exact) mass is 202 g/mol. The number of ether oxygens (including phenoxy) is 1. The van der Waals surface area contributed by atoms with Crippen LogP contribution >= 0.6 is 0 Å². The van der Waals surface area contributed by atoms with E-state index in [2.05, 4.69) is 0 Å². The Balaban J connectivity index is 2.58. The SMILES string of the molecule is COc1cc(/C=C/C=O)cc2ccoc12. The van der Waals surface area contributed by atoms with Crippen molar-refractivity contribution in [3.63, 3.8) is 0 Å². The van der Waals surface area contributed by atoms with Crippen LogP contribution in [0.1, 0.15) is 5.56 Å². The van der Waals surface area contributed by atoms with E-state index in [0.717, 1.165) is 22.8 Å². The molecule has 0 aliphatic rings. The molecule has 0 saturated carbocycles. The fourth-order valence-electron chi connectivity index (χ4n) is 1.47. The Kier molecular flexibility index (Phi) is 2.54. The Hall–Kier alpha value is -2.03. The summed E-state index contributed by atoms with van der Waals surface area (Å²) in [5.41, 5.74) is 1.63. The van der Waals surface area contributed by atoms with Crippen molar-refractivity contribution in [3.05, 3.63) is 36.1 Å². The summed E-state index contributed by atoms with van der Waals surface area (Å²) in [6.07, 6.45) is 5.52. The van der Waals surface area contributed by atoms with Crippen LogP contribution in [0.15, 0.2) is 35.0 Å².